The summed E-state index contributed by atoms with van der Waals surface area (Å²) in [6.07, 6.45) is -5.61. The lowest BCUT2D eigenvalue weighted by molar-refractivity contribution is -0.297. The number of ether oxygens (including phenoxy) is 2. The van der Waals surface area contributed by atoms with E-state index in [0.717, 1.165) is 15.7 Å². The maximum absolute atomic E-state index is 11.2. The average molecular weight is 409 g/mol. The molecule has 5 unspecified atom stereocenters. The molecule has 3 rings (SSSR count). The predicted octanol–water partition coefficient (Wildman–Crippen LogP) is 0.289. The molecule has 0 spiro atoms. The van der Waals surface area contributed by atoms with Gasteiger partial charge in [0.15, 0.2) is 12.4 Å². The quantitative estimate of drug-likeness (QED) is 0.535. The van der Waals surface area contributed by atoms with Gasteiger partial charge in [0.25, 0.3) is 0 Å². The molecule has 29 heavy (non-hydrogen) atoms. The van der Waals surface area contributed by atoms with Crippen LogP contribution < -0.4 is 0 Å². The monoisotopic (exact) mass is 409 g/mol. The summed E-state index contributed by atoms with van der Waals surface area (Å²) in [4.78, 5) is 15.4. The van der Waals surface area contributed by atoms with Crippen LogP contribution in [0.2, 0.25) is 0 Å². The van der Waals surface area contributed by atoms with Crippen molar-refractivity contribution in [1.29, 1.82) is 0 Å². The molecule has 9 heteroatoms. The first-order chi connectivity index (χ1) is 14.9. The Morgan fingerprint density at radius 2 is 2.10 bits per heavy atom. The second kappa shape index (κ2) is 8.60. The van der Waals surface area contributed by atoms with E-state index < -0.39 is 43.7 Å². The molecule has 0 saturated carbocycles. The number of aryl methyl sites for hydroxylation is 1. The van der Waals surface area contributed by atoms with E-state index in [-0.39, 0.29) is 12.5 Å². The van der Waals surface area contributed by atoms with Gasteiger partial charge >= 0.3 is 5.97 Å². The minimum absolute atomic E-state index is 0.0625. The van der Waals surface area contributed by atoms with Gasteiger partial charge in [0.05, 0.1) is 18.6 Å². The maximum atomic E-state index is 11.2. The van der Waals surface area contributed by atoms with E-state index in [9.17, 15) is 20.1 Å². The fourth-order valence-electron chi connectivity index (χ4n) is 3.41. The third-order valence-corrected chi connectivity index (χ3v) is 5.22. The fraction of sp³-hybridized carbons (Fsp3) is 0.500. The zero-order chi connectivity index (χ0) is 23.8. The van der Waals surface area contributed by atoms with Crippen molar-refractivity contribution < 1.29 is 38.8 Å². The molecule has 4 N–H and O–H groups in total. The number of imidazole rings is 1. The number of rotatable bonds is 6. The van der Waals surface area contributed by atoms with Crippen LogP contribution in [0.25, 0.3) is 0 Å². The molecule has 1 aliphatic rings. The summed E-state index contributed by atoms with van der Waals surface area (Å²) in [6, 6.07) is 5.45. The zero-order valence-corrected chi connectivity index (χ0v) is 16.0. The number of hydrogen-bond donors (Lipinski definition) is 4. The summed E-state index contributed by atoms with van der Waals surface area (Å²) in [5, 5.41) is 38.9. The van der Waals surface area contributed by atoms with Gasteiger partial charge in [-0.25, -0.2) is 9.78 Å². The molecule has 1 saturated heterocycles. The van der Waals surface area contributed by atoms with Crippen LogP contribution >= 0.6 is 0 Å². The van der Waals surface area contributed by atoms with E-state index >= 15 is 0 Å². The Hall–Kier alpha value is -2.30. The van der Waals surface area contributed by atoms with E-state index in [1.54, 1.807) is 12.1 Å². The van der Waals surface area contributed by atoms with Crippen molar-refractivity contribution >= 4 is 5.97 Å². The zero-order valence-electron chi connectivity index (χ0n) is 19.0. The molecule has 0 bridgehead atoms. The van der Waals surface area contributed by atoms with Crippen LogP contribution in [0.5, 0.6) is 0 Å². The van der Waals surface area contributed by atoms with Gasteiger partial charge in [-0.3, -0.25) is 0 Å². The van der Waals surface area contributed by atoms with Gasteiger partial charge in [-0.2, -0.15) is 0 Å². The van der Waals surface area contributed by atoms with Crippen LogP contribution in [0.4, 0.5) is 0 Å². The number of carbonyl (C=O) groups is 1. The van der Waals surface area contributed by atoms with E-state index in [1.165, 1.54) is 12.5 Å². The molecule has 0 aliphatic carbocycles. The van der Waals surface area contributed by atoms with E-state index in [1.807, 2.05) is 19.9 Å². The van der Waals surface area contributed by atoms with Gasteiger partial charge in [-0.15, -0.1) is 0 Å². The summed E-state index contributed by atoms with van der Waals surface area (Å²) in [6.45, 7) is 1.36. The summed E-state index contributed by atoms with van der Waals surface area (Å²) in [5.74, 6) is -1.70. The Morgan fingerprint density at radius 3 is 2.76 bits per heavy atom. The molecular weight excluding hydrogens is 380 g/mol. The van der Waals surface area contributed by atoms with Gasteiger partial charge in [0, 0.05) is 23.2 Å². The number of benzene rings is 1. The second-order valence-electron chi connectivity index (χ2n) is 7.10. The molecule has 2 aromatic rings. The lowest BCUT2D eigenvalue weighted by Crippen LogP contribution is -2.60. The largest absolute Gasteiger partial charge is 0.479 e. The lowest BCUT2D eigenvalue weighted by Gasteiger charge is -2.38. The molecular formula is C20H26N2O7. The number of nitrogens with zero attached hydrogens (tertiary/aromatic N) is 2. The minimum Gasteiger partial charge on any atom is -0.479 e. The Balaban J connectivity index is 1.76. The number of carboxylic acid groups (broad SMARTS) is 1. The number of carboxylic acids is 1. The Bertz CT molecular complexity index is 965. The highest BCUT2D eigenvalue weighted by Crippen LogP contribution is 2.29. The van der Waals surface area contributed by atoms with Gasteiger partial charge in [0.2, 0.25) is 0 Å². The van der Waals surface area contributed by atoms with Crippen LogP contribution in [0, 0.1) is 6.92 Å². The van der Waals surface area contributed by atoms with Crippen molar-refractivity contribution in [2.75, 3.05) is 0 Å². The summed E-state index contributed by atoms with van der Waals surface area (Å²) >= 11 is 0. The first-order valence-electron chi connectivity index (χ1n) is 10.6. The molecule has 0 amide bonds. The maximum Gasteiger partial charge on any atom is 0.335 e. The summed E-state index contributed by atoms with van der Waals surface area (Å²) in [7, 11) is 0. The molecule has 6 atom stereocenters. The molecule has 9 nitrogen and oxygen atoms in total. The SMILES string of the molecule is [2H]C([2H])([2H])n1cnc([C@@H](C)c2cccc(COC3OC(C(=O)O)C(O)C(O)C3O)c2C)c1. The Labute approximate surface area is 172 Å². The third-order valence-electron chi connectivity index (χ3n) is 5.22. The van der Waals surface area contributed by atoms with Crippen LogP contribution in [-0.4, -0.2) is 66.7 Å². The van der Waals surface area contributed by atoms with E-state index in [0.29, 0.717) is 11.3 Å². The van der Waals surface area contributed by atoms with Crippen LogP contribution in [0.3, 0.4) is 0 Å². The highest BCUT2D eigenvalue weighted by Gasteiger charge is 2.47. The first-order valence-corrected chi connectivity index (χ1v) is 9.08. The van der Waals surface area contributed by atoms with E-state index in [2.05, 4.69) is 4.98 Å². The number of aromatic nitrogens is 2. The number of aliphatic carboxylic acids is 1. The molecule has 158 valence electrons. The predicted molar refractivity (Wildman–Crippen MR) is 101 cm³/mol. The van der Waals surface area contributed by atoms with Crippen molar-refractivity contribution in [1.82, 2.24) is 9.55 Å². The standard InChI is InChI=1S/C20H26N2O7/c1-10-12(5-4-6-13(10)11(2)14-7-22(3)9-21-14)8-28-20-17(25)15(23)16(24)18(29-20)19(26)27/h4-7,9,11,15-18,20,23-25H,8H2,1-3H3,(H,26,27)/t11-,15?,16?,17?,18?,20?/m0/s1/i3D3. The average Bonchev–Trinajstić information content (AvgIpc) is 3.22. The molecule has 1 fully saturated rings. The van der Waals surface area contributed by atoms with Gasteiger partial charge in [0.1, 0.15) is 18.3 Å². The summed E-state index contributed by atoms with van der Waals surface area (Å²) < 4.78 is 34.2. The number of aliphatic hydroxyl groups excluding tert-OH is 3. The molecule has 0 radical (unpaired) electrons. The van der Waals surface area contributed by atoms with Crippen molar-refractivity contribution in [3.05, 3.63) is 53.1 Å². The number of aliphatic hydroxyl groups is 3. The van der Waals surface area contributed by atoms with Crippen molar-refractivity contribution in [3.63, 3.8) is 0 Å². The smallest absolute Gasteiger partial charge is 0.335 e. The highest BCUT2D eigenvalue weighted by atomic mass is 16.7. The normalized spacial score (nSPS) is 30.2. The van der Waals surface area contributed by atoms with Gasteiger partial charge in [-0.1, -0.05) is 25.1 Å². The lowest BCUT2D eigenvalue weighted by atomic mass is 9.91. The molecule has 1 aromatic carbocycles. The fourth-order valence-corrected chi connectivity index (χ4v) is 3.41. The van der Waals surface area contributed by atoms with Gasteiger partial charge < -0.3 is 34.5 Å². The van der Waals surface area contributed by atoms with Crippen LogP contribution in [0.15, 0.2) is 30.7 Å². The summed E-state index contributed by atoms with van der Waals surface area (Å²) in [5.41, 5.74) is 3.01. The second-order valence-corrected chi connectivity index (χ2v) is 7.10. The topological polar surface area (TPSA) is 134 Å². The van der Waals surface area contributed by atoms with Crippen molar-refractivity contribution in [3.8, 4) is 0 Å². The first kappa shape index (κ1) is 17.5. The third kappa shape index (κ3) is 4.34. The van der Waals surface area contributed by atoms with E-state index in [4.69, 9.17) is 18.7 Å². The van der Waals surface area contributed by atoms with Gasteiger partial charge in [-0.05, 0) is 23.6 Å². The highest BCUT2D eigenvalue weighted by molar-refractivity contribution is 5.73. The van der Waals surface area contributed by atoms with Crippen LogP contribution in [0.1, 0.15) is 39.3 Å². The number of hydrogen-bond acceptors (Lipinski definition) is 7. The van der Waals surface area contributed by atoms with Crippen molar-refractivity contribution in [2.24, 2.45) is 6.98 Å². The minimum atomic E-state index is -2.32. The van der Waals surface area contributed by atoms with Crippen LogP contribution in [-0.2, 0) is 27.9 Å². The Kier molecular flexibility index (Phi) is 5.20. The Morgan fingerprint density at radius 1 is 1.34 bits per heavy atom. The molecule has 1 aromatic heterocycles. The molecule has 1 aliphatic heterocycles. The van der Waals surface area contributed by atoms with Crippen molar-refractivity contribution in [2.45, 2.75) is 57.1 Å². The molecule has 2 heterocycles.